The molecule has 16 heavy (non-hydrogen) atoms. The van der Waals surface area contributed by atoms with E-state index in [0.29, 0.717) is 5.82 Å². The Labute approximate surface area is 93.1 Å². The summed E-state index contributed by atoms with van der Waals surface area (Å²) < 4.78 is 0. The normalized spacial score (nSPS) is 21.1. The number of aliphatic hydroxyl groups is 1. The number of aromatic amines is 1. The van der Waals surface area contributed by atoms with Crippen LogP contribution in [0.2, 0.25) is 0 Å². The zero-order valence-electron chi connectivity index (χ0n) is 9.02. The summed E-state index contributed by atoms with van der Waals surface area (Å²) in [5, 5.41) is 9.13. The molecular formula is C10H16N4O2. The fraction of sp³-hybridized carbons (Fsp3) is 0.600. The predicted octanol–water partition coefficient (Wildman–Crippen LogP) is -0.439. The zero-order chi connectivity index (χ0) is 11.5. The van der Waals surface area contributed by atoms with Gasteiger partial charge in [-0.15, -0.1) is 0 Å². The van der Waals surface area contributed by atoms with Crippen molar-refractivity contribution >= 4 is 11.8 Å². The van der Waals surface area contributed by atoms with E-state index in [-0.39, 0.29) is 24.0 Å². The molecule has 0 amide bonds. The van der Waals surface area contributed by atoms with E-state index in [1.165, 1.54) is 6.07 Å². The summed E-state index contributed by atoms with van der Waals surface area (Å²) in [4.78, 5) is 19.8. The Kier molecular flexibility index (Phi) is 3.09. The molecule has 0 aromatic carbocycles. The third-order valence-corrected chi connectivity index (χ3v) is 2.85. The summed E-state index contributed by atoms with van der Waals surface area (Å²) in [6.45, 7) is 1.76. The molecule has 0 spiro atoms. The number of nitrogens with one attached hydrogen (secondary N) is 1. The second-order valence-electron chi connectivity index (χ2n) is 4.13. The van der Waals surface area contributed by atoms with Crippen molar-refractivity contribution in [2.75, 3.05) is 30.3 Å². The molecule has 0 bridgehead atoms. The Bertz CT molecular complexity index is 418. The highest BCUT2D eigenvalue weighted by Gasteiger charge is 2.20. The molecule has 88 valence electrons. The molecule has 2 heterocycles. The monoisotopic (exact) mass is 224 g/mol. The minimum atomic E-state index is -0.242. The number of aromatic nitrogens is 2. The Hall–Kier alpha value is -1.56. The van der Waals surface area contributed by atoms with Gasteiger partial charge in [0.25, 0.3) is 5.56 Å². The molecule has 1 aromatic rings. The van der Waals surface area contributed by atoms with E-state index in [2.05, 4.69) is 9.97 Å². The minimum Gasteiger partial charge on any atom is -0.396 e. The Morgan fingerprint density at radius 1 is 1.69 bits per heavy atom. The van der Waals surface area contributed by atoms with Crippen LogP contribution in [0, 0.1) is 5.92 Å². The molecule has 1 aliphatic rings. The SMILES string of the molecule is Nc1nc(N2CCC[C@H](CO)C2)cc(=O)[nH]1. The third kappa shape index (κ3) is 2.33. The number of nitrogens with two attached hydrogens (primary N) is 1. The number of H-pyrrole nitrogens is 1. The van der Waals surface area contributed by atoms with Gasteiger partial charge in [0.2, 0.25) is 5.95 Å². The molecule has 2 rings (SSSR count). The summed E-state index contributed by atoms with van der Waals surface area (Å²) in [7, 11) is 0. The first-order chi connectivity index (χ1) is 7.69. The fourth-order valence-electron chi connectivity index (χ4n) is 2.05. The summed E-state index contributed by atoms with van der Waals surface area (Å²) in [6.07, 6.45) is 2.02. The van der Waals surface area contributed by atoms with E-state index in [1.54, 1.807) is 0 Å². The van der Waals surface area contributed by atoms with E-state index < -0.39 is 0 Å². The van der Waals surface area contributed by atoms with Crippen molar-refractivity contribution in [1.29, 1.82) is 0 Å². The van der Waals surface area contributed by atoms with E-state index >= 15 is 0 Å². The van der Waals surface area contributed by atoms with Crippen LogP contribution in [0.4, 0.5) is 11.8 Å². The first-order valence-corrected chi connectivity index (χ1v) is 5.41. The maximum absolute atomic E-state index is 11.3. The van der Waals surface area contributed by atoms with Crippen molar-refractivity contribution < 1.29 is 5.11 Å². The highest BCUT2D eigenvalue weighted by molar-refractivity contribution is 5.41. The number of rotatable bonds is 2. The highest BCUT2D eigenvalue weighted by atomic mass is 16.3. The van der Waals surface area contributed by atoms with Crippen molar-refractivity contribution in [3.63, 3.8) is 0 Å². The number of nitrogen functional groups attached to an aromatic ring is 1. The molecule has 0 saturated carbocycles. The molecule has 0 unspecified atom stereocenters. The van der Waals surface area contributed by atoms with E-state index in [9.17, 15) is 4.79 Å². The number of piperidine rings is 1. The van der Waals surface area contributed by atoms with Crippen molar-refractivity contribution in [1.82, 2.24) is 9.97 Å². The second kappa shape index (κ2) is 4.52. The van der Waals surface area contributed by atoms with Crippen LogP contribution < -0.4 is 16.2 Å². The maximum atomic E-state index is 11.3. The topological polar surface area (TPSA) is 95.2 Å². The molecule has 0 aliphatic carbocycles. The van der Waals surface area contributed by atoms with Gasteiger partial charge in [-0.3, -0.25) is 9.78 Å². The average Bonchev–Trinajstić information content (AvgIpc) is 2.28. The van der Waals surface area contributed by atoms with Crippen LogP contribution in [0.5, 0.6) is 0 Å². The van der Waals surface area contributed by atoms with Gasteiger partial charge in [-0.2, -0.15) is 4.98 Å². The van der Waals surface area contributed by atoms with Crippen LogP contribution in [0.25, 0.3) is 0 Å². The van der Waals surface area contributed by atoms with Crippen LogP contribution in [-0.2, 0) is 0 Å². The van der Waals surface area contributed by atoms with Crippen LogP contribution in [0.15, 0.2) is 10.9 Å². The predicted molar refractivity (Wildman–Crippen MR) is 61.3 cm³/mol. The zero-order valence-corrected chi connectivity index (χ0v) is 9.02. The van der Waals surface area contributed by atoms with Gasteiger partial charge in [-0.05, 0) is 18.8 Å². The van der Waals surface area contributed by atoms with Crippen molar-refractivity contribution in [3.8, 4) is 0 Å². The quantitative estimate of drug-likeness (QED) is 0.633. The lowest BCUT2D eigenvalue weighted by atomic mass is 9.99. The second-order valence-corrected chi connectivity index (χ2v) is 4.13. The lowest BCUT2D eigenvalue weighted by molar-refractivity contribution is 0.208. The number of hydrogen-bond donors (Lipinski definition) is 3. The minimum absolute atomic E-state index is 0.133. The number of nitrogens with zero attached hydrogens (tertiary/aromatic N) is 2. The summed E-state index contributed by atoms with van der Waals surface area (Å²) in [5.41, 5.74) is 5.25. The molecule has 4 N–H and O–H groups in total. The van der Waals surface area contributed by atoms with Gasteiger partial charge in [-0.25, -0.2) is 0 Å². The van der Waals surface area contributed by atoms with Crippen LogP contribution >= 0.6 is 0 Å². The lowest BCUT2D eigenvalue weighted by Gasteiger charge is -2.32. The van der Waals surface area contributed by atoms with Gasteiger partial charge in [0.15, 0.2) is 0 Å². The number of aliphatic hydroxyl groups excluding tert-OH is 1. The van der Waals surface area contributed by atoms with Gasteiger partial charge < -0.3 is 15.7 Å². The van der Waals surface area contributed by atoms with E-state index in [4.69, 9.17) is 10.8 Å². The molecule has 1 fully saturated rings. The molecule has 1 aromatic heterocycles. The van der Waals surface area contributed by atoms with Crippen LogP contribution in [-0.4, -0.2) is 34.8 Å². The average molecular weight is 224 g/mol. The summed E-state index contributed by atoms with van der Waals surface area (Å²) >= 11 is 0. The standard InChI is InChI=1S/C10H16N4O2/c11-10-12-8(4-9(16)13-10)14-3-1-2-7(5-14)6-15/h4,7,15H,1-3,5-6H2,(H3,11,12,13,16)/t7-/m0/s1. The lowest BCUT2D eigenvalue weighted by Crippen LogP contribution is -2.38. The Balaban J connectivity index is 2.19. The molecular weight excluding hydrogens is 208 g/mol. The van der Waals surface area contributed by atoms with Gasteiger partial charge in [-0.1, -0.05) is 0 Å². The van der Waals surface area contributed by atoms with Crippen molar-refractivity contribution in [2.24, 2.45) is 5.92 Å². The van der Waals surface area contributed by atoms with Gasteiger partial charge >= 0.3 is 0 Å². The number of hydrogen-bond acceptors (Lipinski definition) is 5. The molecule has 1 atom stereocenters. The molecule has 6 heteroatoms. The maximum Gasteiger partial charge on any atom is 0.254 e. The van der Waals surface area contributed by atoms with Crippen LogP contribution in [0.3, 0.4) is 0 Å². The Morgan fingerprint density at radius 2 is 2.50 bits per heavy atom. The third-order valence-electron chi connectivity index (χ3n) is 2.85. The molecule has 1 saturated heterocycles. The molecule has 6 nitrogen and oxygen atoms in total. The van der Waals surface area contributed by atoms with Gasteiger partial charge in [0.1, 0.15) is 5.82 Å². The van der Waals surface area contributed by atoms with Crippen molar-refractivity contribution in [3.05, 3.63) is 16.4 Å². The van der Waals surface area contributed by atoms with E-state index in [1.807, 2.05) is 4.90 Å². The first-order valence-electron chi connectivity index (χ1n) is 5.41. The summed E-state index contributed by atoms with van der Waals surface area (Å²) in [6, 6.07) is 1.44. The largest absolute Gasteiger partial charge is 0.396 e. The molecule has 0 radical (unpaired) electrons. The van der Waals surface area contributed by atoms with Gasteiger partial charge in [0, 0.05) is 25.8 Å². The van der Waals surface area contributed by atoms with Crippen molar-refractivity contribution in [2.45, 2.75) is 12.8 Å². The first kappa shape index (κ1) is 10.9. The fourth-order valence-corrected chi connectivity index (χ4v) is 2.05. The van der Waals surface area contributed by atoms with Crippen LogP contribution in [0.1, 0.15) is 12.8 Å². The van der Waals surface area contributed by atoms with Gasteiger partial charge in [0.05, 0.1) is 0 Å². The Morgan fingerprint density at radius 3 is 3.19 bits per heavy atom. The highest BCUT2D eigenvalue weighted by Crippen LogP contribution is 2.20. The summed E-state index contributed by atoms with van der Waals surface area (Å²) in [5.74, 6) is 0.990. The number of anilines is 2. The molecule has 1 aliphatic heterocycles. The smallest absolute Gasteiger partial charge is 0.254 e. The van der Waals surface area contributed by atoms with E-state index in [0.717, 1.165) is 25.9 Å².